The van der Waals surface area contributed by atoms with Gasteiger partial charge in [-0.2, -0.15) is 0 Å². The SMILES string of the molecule is CCC[C@]1(C)[C@]2(C)[C@@H]3CC[C@@H]3[C@]12c1ccccc1. The molecule has 4 rings (SSSR count). The molecule has 3 aliphatic rings. The van der Waals surface area contributed by atoms with Crippen LogP contribution in [0.2, 0.25) is 0 Å². The lowest BCUT2D eigenvalue weighted by molar-refractivity contribution is -0.0483. The van der Waals surface area contributed by atoms with Crippen molar-refractivity contribution < 1.29 is 0 Å². The maximum absolute atomic E-state index is 2.59. The zero-order valence-electron chi connectivity index (χ0n) is 11.9. The van der Waals surface area contributed by atoms with Crippen molar-refractivity contribution in [2.45, 2.75) is 51.9 Å². The molecule has 0 spiro atoms. The summed E-state index contributed by atoms with van der Waals surface area (Å²) < 4.78 is 0. The van der Waals surface area contributed by atoms with E-state index in [9.17, 15) is 0 Å². The Morgan fingerprint density at radius 1 is 1.06 bits per heavy atom. The van der Waals surface area contributed by atoms with E-state index < -0.39 is 0 Å². The van der Waals surface area contributed by atoms with Crippen LogP contribution in [0.4, 0.5) is 0 Å². The fraction of sp³-hybridized carbons (Fsp3) is 0.667. The number of hydrogen-bond donors (Lipinski definition) is 0. The van der Waals surface area contributed by atoms with Gasteiger partial charge in [-0.05, 0) is 47.5 Å². The van der Waals surface area contributed by atoms with E-state index in [1.165, 1.54) is 25.7 Å². The van der Waals surface area contributed by atoms with Gasteiger partial charge in [0.25, 0.3) is 0 Å². The zero-order valence-corrected chi connectivity index (χ0v) is 11.9. The van der Waals surface area contributed by atoms with E-state index in [0.29, 0.717) is 16.2 Å². The summed E-state index contributed by atoms with van der Waals surface area (Å²) in [4.78, 5) is 0. The lowest BCUT2D eigenvalue weighted by Gasteiger charge is -2.58. The minimum Gasteiger partial charge on any atom is -0.0654 e. The van der Waals surface area contributed by atoms with Crippen molar-refractivity contribution >= 4 is 0 Å². The third kappa shape index (κ3) is 0.770. The maximum Gasteiger partial charge on any atom is 0.0105 e. The molecule has 0 bridgehead atoms. The first-order valence-corrected chi connectivity index (χ1v) is 7.70. The maximum atomic E-state index is 2.59. The Hall–Kier alpha value is -0.780. The Morgan fingerprint density at radius 2 is 1.72 bits per heavy atom. The van der Waals surface area contributed by atoms with Crippen molar-refractivity contribution in [3.63, 3.8) is 0 Å². The summed E-state index contributed by atoms with van der Waals surface area (Å²) in [6, 6.07) is 11.4. The Balaban J connectivity index is 1.84. The van der Waals surface area contributed by atoms with Crippen molar-refractivity contribution in [3.8, 4) is 0 Å². The van der Waals surface area contributed by atoms with Crippen molar-refractivity contribution in [2.24, 2.45) is 22.7 Å². The Bertz CT molecular complexity index is 490. The van der Waals surface area contributed by atoms with E-state index in [0.717, 1.165) is 11.8 Å². The molecule has 0 heterocycles. The van der Waals surface area contributed by atoms with Crippen LogP contribution in [0.25, 0.3) is 0 Å². The van der Waals surface area contributed by atoms with Gasteiger partial charge in [-0.3, -0.25) is 0 Å². The molecule has 0 nitrogen and oxygen atoms in total. The average Bonchev–Trinajstić information content (AvgIpc) is 2.69. The summed E-state index contributed by atoms with van der Waals surface area (Å²) in [6.07, 6.45) is 5.72. The van der Waals surface area contributed by atoms with Gasteiger partial charge in [0.2, 0.25) is 0 Å². The smallest absolute Gasteiger partial charge is 0.0105 e. The molecule has 3 fully saturated rings. The minimum atomic E-state index is 0.542. The molecule has 0 amide bonds. The molecule has 5 atom stereocenters. The van der Waals surface area contributed by atoms with E-state index in [2.05, 4.69) is 51.1 Å². The molecule has 0 unspecified atom stereocenters. The normalized spacial score (nSPS) is 51.7. The molecular formula is C18H24. The van der Waals surface area contributed by atoms with Crippen LogP contribution in [0.15, 0.2) is 30.3 Å². The van der Waals surface area contributed by atoms with Crippen LogP contribution in [0.5, 0.6) is 0 Å². The van der Waals surface area contributed by atoms with Crippen molar-refractivity contribution in [2.75, 3.05) is 0 Å². The molecule has 1 aromatic carbocycles. The van der Waals surface area contributed by atoms with Gasteiger partial charge < -0.3 is 0 Å². The van der Waals surface area contributed by atoms with Gasteiger partial charge in [0, 0.05) is 5.41 Å². The average molecular weight is 240 g/mol. The first-order chi connectivity index (χ1) is 8.64. The van der Waals surface area contributed by atoms with Gasteiger partial charge in [-0.1, -0.05) is 57.5 Å². The quantitative estimate of drug-likeness (QED) is 0.712. The molecule has 0 aromatic heterocycles. The van der Waals surface area contributed by atoms with Crippen LogP contribution in [0, 0.1) is 22.7 Å². The third-order valence-corrected chi connectivity index (χ3v) is 7.32. The molecule has 3 aliphatic carbocycles. The van der Waals surface area contributed by atoms with E-state index in [1.807, 2.05) is 0 Å². The van der Waals surface area contributed by atoms with Gasteiger partial charge in [0.05, 0.1) is 0 Å². The topological polar surface area (TPSA) is 0 Å². The summed E-state index contributed by atoms with van der Waals surface area (Å²) in [5, 5.41) is 0. The Labute approximate surface area is 111 Å². The largest absolute Gasteiger partial charge is 0.0654 e. The Kier molecular flexibility index (Phi) is 1.86. The fourth-order valence-electron chi connectivity index (χ4n) is 6.65. The van der Waals surface area contributed by atoms with E-state index in [-0.39, 0.29) is 0 Å². The summed E-state index contributed by atoms with van der Waals surface area (Å²) in [7, 11) is 0. The first kappa shape index (κ1) is 11.1. The third-order valence-electron chi connectivity index (χ3n) is 7.32. The van der Waals surface area contributed by atoms with Crippen molar-refractivity contribution in [3.05, 3.63) is 35.9 Å². The summed E-state index contributed by atoms with van der Waals surface area (Å²) in [6.45, 7) is 7.53. The molecule has 3 saturated carbocycles. The summed E-state index contributed by atoms with van der Waals surface area (Å²) in [5.74, 6) is 2.04. The van der Waals surface area contributed by atoms with Gasteiger partial charge in [-0.25, -0.2) is 0 Å². The van der Waals surface area contributed by atoms with Gasteiger partial charge >= 0.3 is 0 Å². The number of benzene rings is 1. The highest BCUT2D eigenvalue weighted by Gasteiger charge is 2.95. The van der Waals surface area contributed by atoms with E-state index >= 15 is 0 Å². The Morgan fingerprint density at radius 3 is 2.28 bits per heavy atom. The second kappa shape index (κ2) is 3.03. The highest BCUT2D eigenvalue weighted by Crippen LogP contribution is 2.97. The zero-order chi connectivity index (χ0) is 12.6. The second-order valence-corrected chi connectivity index (χ2v) is 7.25. The predicted octanol–water partition coefficient (Wildman–Crippen LogP) is 4.79. The second-order valence-electron chi connectivity index (χ2n) is 7.25. The van der Waals surface area contributed by atoms with Gasteiger partial charge in [-0.15, -0.1) is 0 Å². The van der Waals surface area contributed by atoms with Crippen LogP contribution >= 0.6 is 0 Å². The van der Waals surface area contributed by atoms with E-state index in [4.69, 9.17) is 0 Å². The van der Waals surface area contributed by atoms with Gasteiger partial charge in [0.1, 0.15) is 0 Å². The molecule has 96 valence electrons. The fourth-order valence-corrected chi connectivity index (χ4v) is 6.65. The monoisotopic (exact) mass is 240 g/mol. The molecule has 1 aromatic rings. The molecule has 0 heteroatoms. The molecule has 18 heavy (non-hydrogen) atoms. The number of fused-ring (bicyclic) bond motifs is 4. The van der Waals surface area contributed by atoms with Crippen LogP contribution < -0.4 is 0 Å². The van der Waals surface area contributed by atoms with Crippen molar-refractivity contribution in [1.29, 1.82) is 0 Å². The lowest BCUT2D eigenvalue weighted by Crippen LogP contribution is -2.54. The lowest BCUT2D eigenvalue weighted by atomic mass is 9.46. The van der Waals surface area contributed by atoms with Crippen molar-refractivity contribution in [1.82, 2.24) is 0 Å². The molecule has 0 saturated heterocycles. The molecule has 0 aliphatic heterocycles. The van der Waals surface area contributed by atoms with Crippen LogP contribution in [0.3, 0.4) is 0 Å². The molecular weight excluding hydrogens is 216 g/mol. The van der Waals surface area contributed by atoms with Crippen LogP contribution in [-0.4, -0.2) is 0 Å². The summed E-state index contributed by atoms with van der Waals surface area (Å²) in [5.41, 5.74) is 3.37. The standard InChI is InChI=1S/C18H24/c1-4-12-16(2)17(3)14-10-11-15(14)18(16,17)13-8-6-5-7-9-13/h5-9,14-15H,4,10-12H2,1-3H3/t14-,15+,16-,17+,18-/m1/s1. The highest BCUT2D eigenvalue weighted by atomic mass is 15.0. The van der Waals surface area contributed by atoms with Crippen LogP contribution in [-0.2, 0) is 5.41 Å². The number of rotatable bonds is 3. The van der Waals surface area contributed by atoms with Crippen LogP contribution in [0.1, 0.15) is 52.0 Å². The first-order valence-electron chi connectivity index (χ1n) is 7.70. The molecule has 0 N–H and O–H groups in total. The molecule has 0 radical (unpaired) electrons. The minimum absolute atomic E-state index is 0.542. The predicted molar refractivity (Wildman–Crippen MR) is 75.5 cm³/mol. The van der Waals surface area contributed by atoms with Gasteiger partial charge in [0.15, 0.2) is 0 Å². The number of hydrogen-bond acceptors (Lipinski definition) is 0. The summed E-state index contributed by atoms with van der Waals surface area (Å²) >= 11 is 0. The highest BCUT2D eigenvalue weighted by molar-refractivity contribution is 5.55. The van der Waals surface area contributed by atoms with E-state index in [1.54, 1.807) is 5.56 Å².